The van der Waals surface area contributed by atoms with E-state index >= 15 is 0 Å². The molecule has 1 aliphatic rings. The molecule has 8 nitrogen and oxygen atoms in total. The number of hydrogen-bond donors (Lipinski definition) is 3. The Balaban J connectivity index is 1.82. The molecular weight excluding hydrogens is 396 g/mol. The van der Waals surface area contributed by atoms with Crippen LogP contribution in [0.1, 0.15) is 41.7 Å². The van der Waals surface area contributed by atoms with Gasteiger partial charge in [0, 0.05) is 35.5 Å². The quantitative estimate of drug-likeness (QED) is 0.218. The Hall–Kier alpha value is -3.73. The lowest BCUT2D eigenvalue weighted by atomic mass is 9.87. The van der Waals surface area contributed by atoms with E-state index in [0.717, 1.165) is 25.7 Å². The number of nitrogen functional groups attached to an aromatic ring is 1. The largest absolute Gasteiger partial charge is 0.494 e. The van der Waals surface area contributed by atoms with Crippen LogP contribution in [0.3, 0.4) is 0 Å². The third kappa shape index (κ3) is 5.07. The number of aliphatic imine (C=N–C) groups is 1. The van der Waals surface area contributed by atoms with Crippen molar-refractivity contribution in [2.24, 2.45) is 10.9 Å². The predicted molar refractivity (Wildman–Crippen MR) is 118 cm³/mol. The van der Waals surface area contributed by atoms with E-state index < -0.39 is 5.91 Å². The smallest absolute Gasteiger partial charge is 0.417 e. The van der Waals surface area contributed by atoms with Gasteiger partial charge in [-0.3, -0.25) is 15.0 Å². The van der Waals surface area contributed by atoms with Crippen LogP contribution >= 0.6 is 0 Å². The lowest BCUT2D eigenvalue weighted by Crippen LogP contribution is -2.40. The fraction of sp³-hybridized carbons (Fsp3) is 0.348. The number of pyridine rings is 1. The highest BCUT2D eigenvalue weighted by atomic mass is 16.5. The van der Waals surface area contributed by atoms with Gasteiger partial charge >= 0.3 is 17.5 Å². The van der Waals surface area contributed by atoms with E-state index in [-0.39, 0.29) is 17.6 Å². The molecule has 0 bridgehead atoms. The fourth-order valence-corrected chi connectivity index (χ4v) is 3.56. The number of amides is 1. The molecule has 1 aromatic heterocycles. The van der Waals surface area contributed by atoms with Gasteiger partial charge < -0.3 is 20.5 Å². The maximum Gasteiger partial charge on any atom is 0.417 e. The number of carbonyl (C=O) groups excluding carboxylic acids is 1. The number of nitrogens with two attached hydrogens (primary N) is 1. The second-order valence-corrected chi connectivity index (χ2v) is 7.35. The van der Waals surface area contributed by atoms with E-state index in [4.69, 9.17) is 21.6 Å². The number of nitrogens with zero attached hydrogens (tertiary/aromatic N) is 2. The summed E-state index contributed by atoms with van der Waals surface area (Å²) in [4.78, 5) is 17.4. The second kappa shape index (κ2) is 9.85. The Bertz CT molecular complexity index is 1020. The summed E-state index contributed by atoms with van der Waals surface area (Å²) in [6.45, 7) is 0. The Morgan fingerprint density at radius 1 is 1.29 bits per heavy atom. The molecule has 0 unspecified atom stereocenters. The first-order valence-electron chi connectivity index (χ1n) is 10.0. The van der Waals surface area contributed by atoms with Gasteiger partial charge in [-0.15, -0.1) is 12.3 Å². The van der Waals surface area contributed by atoms with Gasteiger partial charge in [0.15, 0.2) is 0 Å². The number of carbonyl (C=O) groups is 1. The zero-order valence-electron chi connectivity index (χ0n) is 17.7. The van der Waals surface area contributed by atoms with Gasteiger partial charge in [0.25, 0.3) is 0 Å². The minimum atomic E-state index is -0.542. The summed E-state index contributed by atoms with van der Waals surface area (Å²) in [7, 11) is 2.89. The molecule has 1 fully saturated rings. The third-order valence-electron chi connectivity index (χ3n) is 5.38. The number of methoxy groups -OCH3 is 2. The normalized spacial score (nSPS) is 18.4. The average molecular weight is 423 g/mol. The van der Waals surface area contributed by atoms with Crippen LogP contribution in [0.25, 0.3) is 0 Å². The SMILES string of the molecule is C#CC1CCC(N=Cc2cc(NC(=O)c3cccc(OC)[n+]3O)c(OC)cc2N)CC1. The first-order chi connectivity index (χ1) is 15.0. The number of aromatic nitrogens is 1. The van der Waals surface area contributed by atoms with Crippen molar-refractivity contribution < 1.29 is 24.2 Å². The molecule has 1 amide bonds. The number of benzene rings is 1. The standard InChI is InChI=1S/C23H26N4O4/c1-4-15-8-10-17(11-9-15)25-14-16-12-19(21(30-2)13-18(16)24)26-23(28)20-6-5-7-22(31-3)27(20)29/h1,5-7,12-15,17,24,28-29H,8-11H2,2-3H3/p+1. The Labute approximate surface area is 181 Å². The van der Waals surface area contributed by atoms with E-state index in [9.17, 15) is 10.0 Å². The number of terminal acetylenes is 1. The maximum absolute atomic E-state index is 12.7. The van der Waals surface area contributed by atoms with Gasteiger partial charge in [0.2, 0.25) is 0 Å². The summed E-state index contributed by atoms with van der Waals surface area (Å²) in [5.41, 5.74) is 7.71. The predicted octanol–water partition coefficient (Wildman–Crippen LogP) is 2.67. The van der Waals surface area contributed by atoms with Crippen LogP contribution in [0.5, 0.6) is 11.6 Å². The third-order valence-corrected chi connectivity index (χ3v) is 5.38. The topological polar surface area (TPSA) is 110 Å². The molecule has 3 rings (SSSR count). The Kier molecular flexibility index (Phi) is 6.98. The van der Waals surface area contributed by atoms with Crippen LogP contribution in [-0.2, 0) is 0 Å². The van der Waals surface area contributed by atoms with Crippen LogP contribution in [0.4, 0.5) is 11.4 Å². The molecule has 0 atom stereocenters. The number of ether oxygens (including phenoxy) is 2. The molecular formula is C23H27N4O4+. The van der Waals surface area contributed by atoms with Gasteiger partial charge in [-0.25, -0.2) is 0 Å². The van der Waals surface area contributed by atoms with E-state index in [1.54, 1.807) is 24.4 Å². The van der Waals surface area contributed by atoms with E-state index in [1.165, 1.54) is 26.4 Å². The molecule has 0 aliphatic heterocycles. The summed E-state index contributed by atoms with van der Waals surface area (Å²) in [6.07, 6.45) is 11.1. The van der Waals surface area contributed by atoms with Crippen LogP contribution in [-0.4, -0.2) is 37.6 Å². The molecule has 1 heterocycles. The molecule has 162 valence electrons. The van der Waals surface area contributed by atoms with Crippen LogP contribution in [0.15, 0.2) is 35.3 Å². The van der Waals surface area contributed by atoms with Crippen molar-refractivity contribution in [1.29, 1.82) is 0 Å². The second-order valence-electron chi connectivity index (χ2n) is 7.35. The maximum atomic E-state index is 12.7. The highest BCUT2D eigenvalue weighted by Gasteiger charge is 2.25. The highest BCUT2D eigenvalue weighted by Crippen LogP contribution is 2.30. The van der Waals surface area contributed by atoms with Crippen LogP contribution in [0.2, 0.25) is 0 Å². The first-order valence-corrected chi connectivity index (χ1v) is 10.0. The average Bonchev–Trinajstić information content (AvgIpc) is 2.79. The van der Waals surface area contributed by atoms with E-state index in [1.807, 2.05) is 0 Å². The fourth-order valence-electron chi connectivity index (χ4n) is 3.56. The number of nitrogens with one attached hydrogen (secondary N) is 1. The minimum absolute atomic E-state index is 0.00119. The van der Waals surface area contributed by atoms with Gasteiger partial charge in [0.1, 0.15) is 5.75 Å². The van der Waals surface area contributed by atoms with Crippen molar-refractivity contribution in [1.82, 2.24) is 0 Å². The summed E-state index contributed by atoms with van der Waals surface area (Å²) in [6, 6.07) is 8.14. The summed E-state index contributed by atoms with van der Waals surface area (Å²) in [5, 5.41) is 12.9. The first kappa shape index (κ1) is 22.0. The molecule has 1 saturated carbocycles. The molecule has 0 radical (unpaired) electrons. The molecule has 2 aromatic rings. The lowest BCUT2D eigenvalue weighted by Gasteiger charge is -2.22. The molecule has 1 aromatic carbocycles. The summed E-state index contributed by atoms with van der Waals surface area (Å²) in [5.74, 6) is 3.14. The summed E-state index contributed by atoms with van der Waals surface area (Å²) >= 11 is 0. The van der Waals surface area contributed by atoms with Crippen molar-refractivity contribution in [3.63, 3.8) is 0 Å². The van der Waals surface area contributed by atoms with Gasteiger partial charge in [0.05, 0.1) is 36.7 Å². The number of hydrogen-bond acceptors (Lipinski definition) is 6. The number of anilines is 2. The Morgan fingerprint density at radius 3 is 2.68 bits per heavy atom. The molecule has 31 heavy (non-hydrogen) atoms. The molecule has 4 N–H and O–H groups in total. The van der Waals surface area contributed by atoms with Gasteiger partial charge in [-0.2, -0.15) is 0 Å². The van der Waals surface area contributed by atoms with Crippen LogP contribution in [0, 0.1) is 18.3 Å². The van der Waals surface area contributed by atoms with Crippen molar-refractivity contribution in [2.75, 3.05) is 25.3 Å². The monoisotopic (exact) mass is 423 g/mol. The zero-order chi connectivity index (χ0) is 22.4. The lowest BCUT2D eigenvalue weighted by molar-refractivity contribution is -0.907. The van der Waals surface area contributed by atoms with E-state index in [0.29, 0.717) is 33.3 Å². The Morgan fingerprint density at radius 2 is 2.03 bits per heavy atom. The van der Waals surface area contributed by atoms with Crippen LogP contribution < -0.4 is 25.3 Å². The zero-order valence-corrected chi connectivity index (χ0v) is 17.7. The molecule has 1 aliphatic carbocycles. The minimum Gasteiger partial charge on any atom is -0.494 e. The van der Waals surface area contributed by atoms with Crippen molar-refractivity contribution in [3.05, 3.63) is 41.6 Å². The summed E-state index contributed by atoms with van der Waals surface area (Å²) < 4.78 is 11.1. The van der Waals surface area contributed by atoms with Gasteiger partial charge in [-0.05, 0) is 37.8 Å². The molecule has 8 heteroatoms. The van der Waals surface area contributed by atoms with Crippen molar-refractivity contribution in [2.45, 2.75) is 31.7 Å². The van der Waals surface area contributed by atoms with Gasteiger partial charge in [-0.1, -0.05) is 0 Å². The van der Waals surface area contributed by atoms with Crippen molar-refractivity contribution >= 4 is 23.5 Å². The number of rotatable bonds is 6. The van der Waals surface area contributed by atoms with Crippen molar-refractivity contribution in [3.8, 4) is 24.0 Å². The molecule has 0 spiro atoms. The van der Waals surface area contributed by atoms with E-state index in [2.05, 4.69) is 16.2 Å². The highest BCUT2D eigenvalue weighted by molar-refractivity contribution is 6.04. The molecule has 0 saturated heterocycles.